The molecular weight excluding hydrogens is 335 g/mol. The van der Waals surface area contributed by atoms with E-state index in [1.165, 1.54) is 12.1 Å². The Balaban J connectivity index is 1.48. The van der Waals surface area contributed by atoms with Gasteiger partial charge < -0.3 is 9.15 Å². The Hall–Kier alpha value is -3.46. The molecule has 0 fully saturated rings. The van der Waals surface area contributed by atoms with Crippen molar-refractivity contribution in [1.29, 1.82) is 5.26 Å². The second-order valence-electron chi connectivity index (χ2n) is 5.59. The highest BCUT2D eigenvalue weighted by Gasteiger charge is 2.10. The van der Waals surface area contributed by atoms with Gasteiger partial charge in [0.2, 0.25) is 0 Å². The number of ether oxygens (including phenoxy) is 1. The first kappa shape index (κ1) is 17.4. The molecule has 0 N–H and O–H groups in total. The fraction of sp³-hybridized carbons (Fsp3) is 0.150. The van der Waals surface area contributed by atoms with Crippen molar-refractivity contribution in [2.24, 2.45) is 0 Å². The Morgan fingerprint density at radius 2 is 1.88 bits per heavy atom. The van der Waals surface area contributed by atoms with Crippen LogP contribution in [0.1, 0.15) is 23.4 Å². The Bertz CT molecular complexity index is 925. The molecule has 0 saturated heterocycles. The molecule has 0 bridgehead atoms. The van der Waals surface area contributed by atoms with Crippen LogP contribution in [0.2, 0.25) is 0 Å². The molecule has 1 heterocycles. The summed E-state index contributed by atoms with van der Waals surface area (Å²) < 4.78 is 23.7. The fourth-order valence-corrected chi connectivity index (χ4v) is 2.29. The van der Waals surface area contributed by atoms with E-state index in [0.29, 0.717) is 29.2 Å². The van der Waals surface area contributed by atoms with Gasteiger partial charge in [0, 0.05) is 12.0 Å². The molecule has 3 aromatic rings. The summed E-state index contributed by atoms with van der Waals surface area (Å²) in [6.07, 6.45) is 2.00. The molecule has 130 valence electrons. The number of benzene rings is 2. The van der Waals surface area contributed by atoms with E-state index in [0.717, 1.165) is 5.56 Å². The second kappa shape index (κ2) is 8.08. The number of hydrogen-bond acceptors (Lipinski definition) is 5. The van der Waals surface area contributed by atoms with E-state index in [1.54, 1.807) is 42.6 Å². The number of oxazole rings is 1. The predicted octanol–water partition coefficient (Wildman–Crippen LogP) is 4.03. The maximum Gasteiger partial charge on any atom is 0.306 e. The molecule has 0 unspecified atom stereocenters. The first-order valence-corrected chi connectivity index (χ1v) is 7.99. The Kier molecular flexibility index (Phi) is 5.40. The van der Waals surface area contributed by atoms with E-state index in [1.807, 2.05) is 6.07 Å². The van der Waals surface area contributed by atoms with E-state index in [-0.39, 0.29) is 24.8 Å². The highest BCUT2D eigenvalue weighted by molar-refractivity contribution is 5.69. The topological polar surface area (TPSA) is 76.1 Å². The summed E-state index contributed by atoms with van der Waals surface area (Å²) in [6.45, 7) is 0.150. The van der Waals surface area contributed by atoms with Gasteiger partial charge in [0.05, 0.1) is 24.3 Å². The number of esters is 1. The predicted molar refractivity (Wildman–Crippen MR) is 91.2 cm³/mol. The molecule has 0 amide bonds. The number of nitrogens with zero attached hydrogens (tertiary/aromatic N) is 2. The maximum absolute atomic E-state index is 12.9. The second-order valence-corrected chi connectivity index (χ2v) is 5.59. The summed E-state index contributed by atoms with van der Waals surface area (Å²) in [5.74, 6) is 0.250. The van der Waals surface area contributed by atoms with Gasteiger partial charge in [0.1, 0.15) is 12.4 Å². The average Bonchev–Trinajstić information content (AvgIpc) is 3.14. The molecule has 0 aliphatic heterocycles. The zero-order chi connectivity index (χ0) is 18.4. The molecular formula is C20H15FN2O3. The zero-order valence-electron chi connectivity index (χ0n) is 13.8. The van der Waals surface area contributed by atoms with Crippen LogP contribution in [0.25, 0.3) is 11.3 Å². The molecule has 0 saturated carbocycles. The Morgan fingerprint density at radius 3 is 2.58 bits per heavy atom. The first-order chi connectivity index (χ1) is 12.6. The number of carbonyl (C=O) groups is 1. The van der Waals surface area contributed by atoms with E-state index >= 15 is 0 Å². The summed E-state index contributed by atoms with van der Waals surface area (Å²) in [5, 5.41) is 8.74. The Labute approximate surface area is 149 Å². The minimum Gasteiger partial charge on any atom is -0.461 e. The summed E-state index contributed by atoms with van der Waals surface area (Å²) in [5.41, 5.74) is 2.08. The molecule has 0 aliphatic rings. The SMILES string of the molecule is N#Cc1ccc(COC(=O)CCc2ncc(-c3ccc(F)cc3)o2)cc1. The van der Waals surface area contributed by atoms with E-state index in [9.17, 15) is 9.18 Å². The number of carbonyl (C=O) groups excluding carboxylic acids is 1. The van der Waals surface area contributed by atoms with E-state index in [4.69, 9.17) is 14.4 Å². The molecule has 3 rings (SSSR count). The lowest BCUT2D eigenvalue weighted by atomic mass is 10.2. The minimum atomic E-state index is -0.365. The van der Waals surface area contributed by atoms with Crippen molar-refractivity contribution in [3.8, 4) is 17.4 Å². The van der Waals surface area contributed by atoms with Crippen molar-refractivity contribution in [2.45, 2.75) is 19.4 Å². The molecule has 26 heavy (non-hydrogen) atoms. The van der Waals surface area contributed by atoms with Gasteiger partial charge in [0.25, 0.3) is 0 Å². The third-order valence-corrected chi connectivity index (χ3v) is 3.71. The van der Waals surface area contributed by atoms with Crippen molar-refractivity contribution >= 4 is 5.97 Å². The summed E-state index contributed by atoms with van der Waals surface area (Å²) in [4.78, 5) is 16.0. The van der Waals surface area contributed by atoms with E-state index in [2.05, 4.69) is 4.98 Å². The largest absolute Gasteiger partial charge is 0.461 e. The first-order valence-electron chi connectivity index (χ1n) is 7.99. The van der Waals surface area contributed by atoms with Crippen LogP contribution in [-0.4, -0.2) is 11.0 Å². The van der Waals surface area contributed by atoms with Crippen LogP contribution >= 0.6 is 0 Å². The summed E-state index contributed by atoms with van der Waals surface area (Å²) >= 11 is 0. The van der Waals surface area contributed by atoms with Crippen molar-refractivity contribution in [2.75, 3.05) is 0 Å². The lowest BCUT2D eigenvalue weighted by molar-refractivity contribution is -0.145. The average molecular weight is 350 g/mol. The molecule has 5 nitrogen and oxygen atoms in total. The standard InChI is InChI=1S/C20H15FN2O3/c21-17-7-5-16(6-8-17)18-12-23-19(26-18)9-10-20(24)25-13-15-3-1-14(11-22)2-4-15/h1-8,12H,9-10,13H2. The molecule has 1 aromatic heterocycles. The lowest BCUT2D eigenvalue weighted by Crippen LogP contribution is -2.06. The van der Waals surface area contributed by atoms with Crippen LogP contribution in [0.15, 0.2) is 59.1 Å². The van der Waals surface area contributed by atoms with Gasteiger partial charge in [-0.25, -0.2) is 9.37 Å². The number of aromatic nitrogens is 1. The summed E-state index contributed by atoms with van der Waals surface area (Å²) in [6, 6.07) is 14.8. The van der Waals surface area contributed by atoms with E-state index < -0.39 is 0 Å². The number of rotatable bonds is 6. The van der Waals surface area contributed by atoms with Crippen LogP contribution in [0.3, 0.4) is 0 Å². The van der Waals surface area contributed by atoms with Crippen LogP contribution in [0, 0.1) is 17.1 Å². The number of halogens is 1. The molecule has 2 aromatic carbocycles. The Morgan fingerprint density at radius 1 is 1.15 bits per heavy atom. The number of nitriles is 1. The van der Waals surface area contributed by atoms with Crippen LogP contribution in [0.4, 0.5) is 4.39 Å². The van der Waals surface area contributed by atoms with Gasteiger partial charge in [-0.15, -0.1) is 0 Å². The lowest BCUT2D eigenvalue weighted by Gasteiger charge is -2.04. The fourth-order valence-electron chi connectivity index (χ4n) is 2.29. The monoisotopic (exact) mass is 350 g/mol. The smallest absolute Gasteiger partial charge is 0.306 e. The highest BCUT2D eigenvalue weighted by Crippen LogP contribution is 2.21. The number of hydrogen-bond donors (Lipinski definition) is 0. The van der Waals surface area contributed by atoms with Crippen LogP contribution in [-0.2, 0) is 22.6 Å². The third-order valence-electron chi connectivity index (χ3n) is 3.71. The molecule has 0 atom stereocenters. The van der Waals surface area contributed by atoms with Crippen LogP contribution in [0.5, 0.6) is 0 Å². The molecule has 6 heteroatoms. The van der Waals surface area contributed by atoms with Gasteiger partial charge in [-0.1, -0.05) is 12.1 Å². The normalized spacial score (nSPS) is 10.3. The van der Waals surface area contributed by atoms with Crippen molar-refractivity contribution < 1.29 is 18.3 Å². The van der Waals surface area contributed by atoms with Gasteiger partial charge in [-0.2, -0.15) is 5.26 Å². The minimum absolute atomic E-state index is 0.139. The van der Waals surface area contributed by atoms with Gasteiger partial charge >= 0.3 is 5.97 Å². The molecule has 0 spiro atoms. The van der Waals surface area contributed by atoms with Crippen molar-refractivity contribution in [3.63, 3.8) is 0 Å². The van der Waals surface area contributed by atoms with Gasteiger partial charge in [0.15, 0.2) is 11.7 Å². The highest BCUT2D eigenvalue weighted by atomic mass is 19.1. The molecule has 0 aliphatic carbocycles. The zero-order valence-corrected chi connectivity index (χ0v) is 13.8. The van der Waals surface area contributed by atoms with Crippen LogP contribution < -0.4 is 0 Å². The van der Waals surface area contributed by atoms with Crippen molar-refractivity contribution in [3.05, 3.63) is 77.6 Å². The quantitative estimate of drug-likeness (QED) is 0.627. The molecule has 0 radical (unpaired) electrons. The van der Waals surface area contributed by atoms with Gasteiger partial charge in [-0.05, 0) is 42.0 Å². The maximum atomic E-state index is 12.9. The van der Waals surface area contributed by atoms with Crippen molar-refractivity contribution in [1.82, 2.24) is 4.98 Å². The summed E-state index contributed by atoms with van der Waals surface area (Å²) in [7, 11) is 0. The third kappa shape index (κ3) is 4.54. The van der Waals surface area contributed by atoms with Gasteiger partial charge in [-0.3, -0.25) is 4.79 Å². The number of aryl methyl sites for hydroxylation is 1.